The van der Waals surface area contributed by atoms with Gasteiger partial charge >= 0.3 is 0 Å². The fourth-order valence-corrected chi connectivity index (χ4v) is 2.50. The Hall–Kier alpha value is -1.88. The van der Waals surface area contributed by atoms with Crippen LogP contribution in [0.1, 0.15) is 42.5 Å². The third kappa shape index (κ3) is 4.35. The molecule has 2 amide bonds. The normalized spacial score (nSPS) is 15.8. The standard InChI is InChI=1S/C15H21N3O2/c16-15(20)11-5-4-8-13(9-11)18-14(19)10-17-12-6-2-1-3-7-12/h4-5,8-9,12,17H,1-3,6-7,10H2,(H2,16,20)(H,18,19). The van der Waals surface area contributed by atoms with E-state index in [1.54, 1.807) is 24.3 Å². The van der Waals surface area contributed by atoms with Gasteiger partial charge in [0, 0.05) is 17.3 Å². The van der Waals surface area contributed by atoms with E-state index in [4.69, 9.17) is 5.73 Å². The van der Waals surface area contributed by atoms with Crippen LogP contribution >= 0.6 is 0 Å². The molecule has 5 heteroatoms. The van der Waals surface area contributed by atoms with Crippen LogP contribution in [0.3, 0.4) is 0 Å². The Bertz CT molecular complexity index is 482. The summed E-state index contributed by atoms with van der Waals surface area (Å²) in [5, 5.41) is 6.04. The van der Waals surface area contributed by atoms with Crippen LogP contribution in [-0.4, -0.2) is 24.4 Å². The van der Waals surface area contributed by atoms with Gasteiger partial charge < -0.3 is 16.4 Å². The Morgan fingerprint density at radius 3 is 2.65 bits per heavy atom. The van der Waals surface area contributed by atoms with Gasteiger partial charge in [-0.2, -0.15) is 0 Å². The van der Waals surface area contributed by atoms with Crippen LogP contribution in [0.2, 0.25) is 0 Å². The topological polar surface area (TPSA) is 84.2 Å². The van der Waals surface area contributed by atoms with E-state index >= 15 is 0 Å². The third-order valence-corrected chi connectivity index (χ3v) is 3.59. The van der Waals surface area contributed by atoms with Crippen molar-refractivity contribution in [2.45, 2.75) is 38.1 Å². The number of primary amides is 1. The molecule has 1 aliphatic rings. The van der Waals surface area contributed by atoms with E-state index in [9.17, 15) is 9.59 Å². The quantitative estimate of drug-likeness (QED) is 0.764. The van der Waals surface area contributed by atoms with Gasteiger partial charge in [-0.25, -0.2) is 0 Å². The van der Waals surface area contributed by atoms with Crippen LogP contribution in [0, 0.1) is 0 Å². The maximum absolute atomic E-state index is 11.8. The number of hydrogen-bond acceptors (Lipinski definition) is 3. The molecule has 0 atom stereocenters. The van der Waals surface area contributed by atoms with E-state index < -0.39 is 5.91 Å². The zero-order valence-electron chi connectivity index (χ0n) is 11.5. The van der Waals surface area contributed by atoms with Crippen molar-refractivity contribution in [3.05, 3.63) is 29.8 Å². The lowest BCUT2D eigenvalue weighted by atomic mass is 9.95. The summed E-state index contributed by atoms with van der Waals surface area (Å²) < 4.78 is 0. The molecule has 20 heavy (non-hydrogen) atoms. The molecule has 0 saturated heterocycles. The number of amides is 2. The van der Waals surface area contributed by atoms with Crippen molar-refractivity contribution in [3.8, 4) is 0 Å². The zero-order chi connectivity index (χ0) is 14.4. The van der Waals surface area contributed by atoms with Gasteiger partial charge in [0.25, 0.3) is 0 Å². The lowest BCUT2D eigenvalue weighted by molar-refractivity contribution is -0.115. The molecule has 2 rings (SSSR count). The molecule has 5 nitrogen and oxygen atoms in total. The van der Waals surface area contributed by atoms with Gasteiger partial charge in [-0.15, -0.1) is 0 Å². The summed E-state index contributed by atoms with van der Waals surface area (Å²) in [4.78, 5) is 22.9. The third-order valence-electron chi connectivity index (χ3n) is 3.59. The fraction of sp³-hybridized carbons (Fsp3) is 0.467. The fourth-order valence-electron chi connectivity index (χ4n) is 2.50. The summed E-state index contributed by atoms with van der Waals surface area (Å²) in [5.74, 6) is -0.598. The van der Waals surface area contributed by atoms with E-state index in [1.165, 1.54) is 19.3 Å². The van der Waals surface area contributed by atoms with Crippen molar-refractivity contribution >= 4 is 17.5 Å². The second-order valence-corrected chi connectivity index (χ2v) is 5.21. The van der Waals surface area contributed by atoms with Crippen molar-refractivity contribution < 1.29 is 9.59 Å². The first-order valence-electron chi connectivity index (χ1n) is 7.08. The average Bonchev–Trinajstić information content (AvgIpc) is 2.46. The Balaban J connectivity index is 1.81. The minimum Gasteiger partial charge on any atom is -0.366 e. The molecule has 108 valence electrons. The highest BCUT2D eigenvalue weighted by atomic mass is 16.2. The highest BCUT2D eigenvalue weighted by molar-refractivity contribution is 5.96. The monoisotopic (exact) mass is 275 g/mol. The van der Waals surface area contributed by atoms with Gasteiger partial charge in [-0.1, -0.05) is 25.3 Å². The molecule has 0 spiro atoms. The second kappa shape index (κ2) is 7.05. The molecule has 1 aromatic carbocycles. The van der Waals surface area contributed by atoms with Crippen LogP contribution in [0.15, 0.2) is 24.3 Å². The van der Waals surface area contributed by atoms with Gasteiger partial charge in [0.15, 0.2) is 0 Å². The highest BCUT2D eigenvalue weighted by Crippen LogP contribution is 2.17. The summed E-state index contributed by atoms with van der Waals surface area (Å²) >= 11 is 0. The van der Waals surface area contributed by atoms with E-state index in [0.29, 0.717) is 23.8 Å². The van der Waals surface area contributed by atoms with Gasteiger partial charge in [0.05, 0.1) is 6.54 Å². The number of rotatable bonds is 5. The molecule has 1 fully saturated rings. The molecule has 0 radical (unpaired) electrons. The summed E-state index contributed by atoms with van der Waals surface area (Å²) in [6.45, 7) is 0.297. The molecular formula is C15H21N3O2. The first kappa shape index (κ1) is 14.5. The van der Waals surface area contributed by atoms with Crippen molar-refractivity contribution in [2.24, 2.45) is 5.73 Å². The molecule has 0 unspecified atom stereocenters. The molecule has 4 N–H and O–H groups in total. The van der Waals surface area contributed by atoms with E-state index in [2.05, 4.69) is 10.6 Å². The average molecular weight is 275 g/mol. The van der Waals surface area contributed by atoms with Crippen LogP contribution in [0.5, 0.6) is 0 Å². The molecule has 0 bridgehead atoms. The molecule has 1 aromatic rings. The number of carbonyl (C=O) groups excluding carboxylic acids is 2. The molecule has 0 heterocycles. The van der Waals surface area contributed by atoms with Crippen molar-refractivity contribution in [1.82, 2.24) is 5.32 Å². The Labute approximate surface area is 118 Å². The van der Waals surface area contributed by atoms with Gasteiger partial charge in [-0.3, -0.25) is 9.59 Å². The first-order chi connectivity index (χ1) is 9.65. The SMILES string of the molecule is NC(=O)c1cccc(NC(=O)CNC2CCCCC2)c1. The smallest absolute Gasteiger partial charge is 0.248 e. The lowest BCUT2D eigenvalue weighted by Crippen LogP contribution is -2.37. The van der Waals surface area contributed by atoms with E-state index in [-0.39, 0.29) is 5.91 Å². The van der Waals surface area contributed by atoms with Crippen LogP contribution < -0.4 is 16.4 Å². The molecule has 0 aliphatic heterocycles. The molecule has 0 aromatic heterocycles. The van der Waals surface area contributed by atoms with E-state index in [0.717, 1.165) is 12.8 Å². The predicted octanol–water partition coefficient (Wildman–Crippen LogP) is 1.65. The summed E-state index contributed by atoms with van der Waals surface area (Å²) in [6.07, 6.45) is 6.05. The number of anilines is 1. The first-order valence-corrected chi connectivity index (χ1v) is 7.08. The van der Waals surface area contributed by atoms with Crippen molar-refractivity contribution in [3.63, 3.8) is 0 Å². The number of carbonyl (C=O) groups is 2. The molecule has 1 saturated carbocycles. The van der Waals surface area contributed by atoms with E-state index in [1.807, 2.05) is 0 Å². The maximum Gasteiger partial charge on any atom is 0.248 e. The number of nitrogens with two attached hydrogens (primary N) is 1. The zero-order valence-corrected chi connectivity index (χ0v) is 11.5. The number of hydrogen-bond donors (Lipinski definition) is 3. The summed E-state index contributed by atoms with van der Waals surface area (Å²) in [6, 6.07) is 7.10. The second-order valence-electron chi connectivity index (χ2n) is 5.21. The minimum atomic E-state index is -0.499. The van der Waals surface area contributed by atoms with Crippen LogP contribution in [0.4, 0.5) is 5.69 Å². The molecular weight excluding hydrogens is 254 g/mol. The summed E-state index contributed by atoms with van der Waals surface area (Å²) in [5.41, 5.74) is 6.19. The maximum atomic E-state index is 11.8. The summed E-state index contributed by atoms with van der Waals surface area (Å²) in [7, 11) is 0. The number of benzene rings is 1. The van der Waals surface area contributed by atoms with Gasteiger partial charge in [-0.05, 0) is 31.0 Å². The van der Waals surface area contributed by atoms with Gasteiger partial charge in [0.1, 0.15) is 0 Å². The highest BCUT2D eigenvalue weighted by Gasteiger charge is 2.14. The number of nitrogens with one attached hydrogen (secondary N) is 2. The van der Waals surface area contributed by atoms with Crippen molar-refractivity contribution in [2.75, 3.05) is 11.9 Å². The lowest BCUT2D eigenvalue weighted by Gasteiger charge is -2.22. The largest absolute Gasteiger partial charge is 0.366 e. The van der Waals surface area contributed by atoms with Crippen LogP contribution in [0.25, 0.3) is 0 Å². The minimum absolute atomic E-state index is 0.0998. The predicted molar refractivity (Wildman–Crippen MR) is 78.5 cm³/mol. The Kier molecular flexibility index (Phi) is 5.12. The Morgan fingerprint density at radius 1 is 1.20 bits per heavy atom. The Morgan fingerprint density at radius 2 is 1.95 bits per heavy atom. The van der Waals surface area contributed by atoms with Crippen molar-refractivity contribution in [1.29, 1.82) is 0 Å². The van der Waals surface area contributed by atoms with Gasteiger partial charge in [0.2, 0.25) is 11.8 Å². The molecule has 1 aliphatic carbocycles. The van der Waals surface area contributed by atoms with Crippen LogP contribution in [-0.2, 0) is 4.79 Å².